The van der Waals surface area contributed by atoms with Crippen LogP contribution in [0, 0.1) is 19.8 Å². The second-order valence-corrected chi connectivity index (χ2v) is 8.39. The number of carbonyl (C=O) groups is 1. The molecule has 0 spiro atoms. The van der Waals surface area contributed by atoms with Crippen molar-refractivity contribution < 1.29 is 9.53 Å². The highest BCUT2D eigenvalue weighted by Gasteiger charge is 2.24. The topological polar surface area (TPSA) is 47.4 Å². The van der Waals surface area contributed by atoms with Crippen molar-refractivity contribution in [2.24, 2.45) is 5.92 Å². The molecule has 0 radical (unpaired) electrons. The molecule has 1 aromatic heterocycles. The van der Waals surface area contributed by atoms with Crippen molar-refractivity contribution in [1.29, 1.82) is 0 Å². The molecule has 2 heterocycles. The van der Waals surface area contributed by atoms with Crippen LogP contribution in [0.4, 0.5) is 0 Å². The van der Waals surface area contributed by atoms with Crippen LogP contribution in [0.3, 0.4) is 0 Å². The molecular weight excluding hydrogens is 386 g/mol. The summed E-state index contributed by atoms with van der Waals surface area (Å²) >= 11 is 0. The Hall–Kier alpha value is -2.92. The lowest BCUT2D eigenvalue weighted by molar-refractivity contribution is -0.132. The summed E-state index contributed by atoms with van der Waals surface area (Å²) < 4.78 is 7.46. The summed E-state index contributed by atoms with van der Waals surface area (Å²) in [6.07, 6.45) is 2.41. The number of ether oxygens (including phenoxy) is 1. The number of aryl methyl sites for hydroxylation is 1. The van der Waals surface area contributed by atoms with Gasteiger partial charge in [0, 0.05) is 37.6 Å². The molecule has 3 aromatic rings. The Morgan fingerprint density at radius 1 is 1.03 bits per heavy atom. The number of hydrogen-bond acceptors (Lipinski definition) is 3. The number of benzene rings is 2. The van der Waals surface area contributed by atoms with Crippen LogP contribution in [0.2, 0.25) is 0 Å². The Balaban J connectivity index is 1.54. The predicted molar refractivity (Wildman–Crippen MR) is 122 cm³/mol. The second-order valence-electron chi connectivity index (χ2n) is 8.39. The van der Waals surface area contributed by atoms with Gasteiger partial charge in [0.2, 0.25) is 5.91 Å². The van der Waals surface area contributed by atoms with Crippen molar-refractivity contribution in [2.45, 2.75) is 39.7 Å². The first-order chi connectivity index (χ1) is 15.1. The summed E-state index contributed by atoms with van der Waals surface area (Å²) in [5, 5.41) is 4.72. The van der Waals surface area contributed by atoms with E-state index in [-0.39, 0.29) is 5.91 Å². The average molecular weight is 418 g/mol. The highest BCUT2D eigenvalue weighted by atomic mass is 16.5. The van der Waals surface area contributed by atoms with Crippen molar-refractivity contribution in [3.63, 3.8) is 0 Å². The van der Waals surface area contributed by atoms with Crippen LogP contribution in [0.1, 0.15) is 35.4 Å². The molecule has 0 bridgehead atoms. The summed E-state index contributed by atoms with van der Waals surface area (Å²) in [6.45, 7) is 7.05. The number of rotatable bonds is 7. The third-order valence-corrected chi connectivity index (χ3v) is 6.16. The van der Waals surface area contributed by atoms with E-state index in [1.54, 1.807) is 0 Å². The Morgan fingerprint density at radius 2 is 1.68 bits per heavy atom. The van der Waals surface area contributed by atoms with E-state index in [1.807, 2.05) is 65.0 Å². The average Bonchev–Trinajstić information content (AvgIpc) is 3.09. The van der Waals surface area contributed by atoms with Crippen LogP contribution in [-0.2, 0) is 22.5 Å². The van der Waals surface area contributed by atoms with Crippen molar-refractivity contribution in [3.05, 3.63) is 83.2 Å². The van der Waals surface area contributed by atoms with Crippen LogP contribution in [0.25, 0.3) is 5.69 Å². The Kier molecular flexibility index (Phi) is 6.82. The van der Waals surface area contributed by atoms with Crippen molar-refractivity contribution in [2.75, 3.05) is 19.8 Å². The first kappa shape index (κ1) is 21.3. The lowest BCUT2D eigenvalue weighted by Gasteiger charge is -2.30. The maximum atomic E-state index is 13.5. The lowest BCUT2D eigenvalue weighted by atomic mass is 9.98. The van der Waals surface area contributed by atoms with Gasteiger partial charge in [0.1, 0.15) is 0 Å². The summed E-state index contributed by atoms with van der Waals surface area (Å²) in [5.74, 6) is 0.657. The van der Waals surface area contributed by atoms with Gasteiger partial charge in [-0.2, -0.15) is 5.10 Å². The number of amides is 1. The SMILES string of the molecule is Cc1nn(-c2ccccc2)c(C)c1CC(=O)N(Cc1ccccc1)CC1CCOCC1. The molecule has 1 aliphatic heterocycles. The van der Waals surface area contributed by atoms with E-state index in [1.165, 1.54) is 0 Å². The molecule has 1 fully saturated rings. The van der Waals surface area contributed by atoms with E-state index in [0.717, 1.165) is 60.8 Å². The monoisotopic (exact) mass is 417 g/mol. The van der Waals surface area contributed by atoms with E-state index < -0.39 is 0 Å². The van der Waals surface area contributed by atoms with E-state index in [0.29, 0.717) is 18.9 Å². The van der Waals surface area contributed by atoms with Crippen LogP contribution >= 0.6 is 0 Å². The molecule has 31 heavy (non-hydrogen) atoms. The van der Waals surface area contributed by atoms with Crippen LogP contribution in [-0.4, -0.2) is 40.3 Å². The van der Waals surface area contributed by atoms with E-state index in [9.17, 15) is 4.79 Å². The van der Waals surface area contributed by atoms with Gasteiger partial charge in [-0.05, 0) is 50.3 Å². The van der Waals surface area contributed by atoms with E-state index in [2.05, 4.69) is 19.1 Å². The molecule has 0 N–H and O–H groups in total. The Labute approximate surface area is 184 Å². The van der Waals surface area contributed by atoms with Gasteiger partial charge >= 0.3 is 0 Å². The molecule has 5 heteroatoms. The largest absolute Gasteiger partial charge is 0.381 e. The van der Waals surface area contributed by atoms with Gasteiger partial charge in [-0.15, -0.1) is 0 Å². The number of aromatic nitrogens is 2. The summed E-state index contributed by atoms with van der Waals surface area (Å²) in [4.78, 5) is 15.5. The van der Waals surface area contributed by atoms with Gasteiger partial charge < -0.3 is 9.64 Å². The van der Waals surface area contributed by atoms with Gasteiger partial charge in [0.05, 0.1) is 17.8 Å². The van der Waals surface area contributed by atoms with Gasteiger partial charge in [0.25, 0.3) is 0 Å². The molecule has 0 unspecified atom stereocenters. The maximum absolute atomic E-state index is 13.5. The third-order valence-electron chi connectivity index (χ3n) is 6.16. The van der Waals surface area contributed by atoms with Gasteiger partial charge in [0.15, 0.2) is 0 Å². The lowest BCUT2D eigenvalue weighted by Crippen LogP contribution is -2.37. The predicted octanol–water partition coefficient (Wildman–Crippen LogP) is 4.49. The van der Waals surface area contributed by atoms with Crippen molar-refractivity contribution in [1.82, 2.24) is 14.7 Å². The molecule has 0 atom stereocenters. The number of hydrogen-bond donors (Lipinski definition) is 0. The first-order valence-electron chi connectivity index (χ1n) is 11.1. The zero-order valence-electron chi connectivity index (χ0n) is 18.5. The minimum atomic E-state index is 0.161. The fraction of sp³-hybridized carbons (Fsp3) is 0.385. The zero-order valence-corrected chi connectivity index (χ0v) is 18.5. The number of para-hydroxylation sites is 1. The van der Waals surface area contributed by atoms with Crippen LogP contribution < -0.4 is 0 Å². The molecule has 4 rings (SSSR count). The highest BCUT2D eigenvalue weighted by molar-refractivity contribution is 5.79. The highest BCUT2D eigenvalue weighted by Crippen LogP contribution is 2.22. The standard InChI is InChI=1S/C26H31N3O2/c1-20-25(21(2)29(27-20)24-11-7-4-8-12-24)17-26(30)28(18-22-9-5-3-6-10-22)19-23-13-15-31-16-14-23/h3-12,23H,13-19H2,1-2H3. The fourth-order valence-electron chi connectivity index (χ4n) is 4.31. The first-order valence-corrected chi connectivity index (χ1v) is 11.1. The molecule has 5 nitrogen and oxygen atoms in total. The third kappa shape index (κ3) is 5.23. The van der Waals surface area contributed by atoms with Gasteiger partial charge in [-0.3, -0.25) is 4.79 Å². The van der Waals surface area contributed by atoms with E-state index >= 15 is 0 Å². The molecule has 1 aliphatic rings. The molecule has 0 saturated carbocycles. The van der Waals surface area contributed by atoms with Gasteiger partial charge in [-0.25, -0.2) is 4.68 Å². The van der Waals surface area contributed by atoms with Gasteiger partial charge in [-0.1, -0.05) is 48.5 Å². The second kappa shape index (κ2) is 9.92. The summed E-state index contributed by atoms with van der Waals surface area (Å²) in [7, 11) is 0. The van der Waals surface area contributed by atoms with Crippen molar-refractivity contribution >= 4 is 5.91 Å². The molecule has 1 saturated heterocycles. The van der Waals surface area contributed by atoms with Crippen molar-refractivity contribution in [3.8, 4) is 5.69 Å². The summed E-state index contributed by atoms with van der Waals surface area (Å²) in [5.41, 5.74) is 5.16. The quantitative estimate of drug-likeness (QED) is 0.569. The van der Waals surface area contributed by atoms with Crippen LogP contribution in [0.5, 0.6) is 0 Å². The normalized spacial score (nSPS) is 14.5. The molecule has 2 aromatic carbocycles. The fourth-order valence-corrected chi connectivity index (χ4v) is 4.31. The van der Waals surface area contributed by atoms with Crippen LogP contribution in [0.15, 0.2) is 60.7 Å². The molecule has 162 valence electrons. The van der Waals surface area contributed by atoms with E-state index in [4.69, 9.17) is 9.84 Å². The minimum absolute atomic E-state index is 0.161. The maximum Gasteiger partial charge on any atom is 0.227 e. The molecule has 0 aliphatic carbocycles. The summed E-state index contributed by atoms with van der Waals surface area (Å²) in [6, 6.07) is 20.3. The molecule has 1 amide bonds. The number of nitrogens with zero attached hydrogens (tertiary/aromatic N) is 3. The molecular formula is C26H31N3O2. The number of carbonyl (C=O) groups excluding carboxylic acids is 1. The zero-order chi connectivity index (χ0) is 21.6. The Morgan fingerprint density at radius 3 is 2.35 bits per heavy atom. The smallest absolute Gasteiger partial charge is 0.227 e. The minimum Gasteiger partial charge on any atom is -0.381 e. The Bertz CT molecular complexity index is 992.